The van der Waals surface area contributed by atoms with E-state index in [4.69, 9.17) is 11.6 Å². The lowest BCUT2D eigenvalue weighted by atomic mass is 10.3. The van der Waals surface area contributed by atoms with E-state index in [1.807, 2.05) is 18.9 Å². The van der Waals surface area contributed by atoms with Crippen LogP contribution >= 0.6 is 11.6 Å². The van der Waals surface area contributed by atoms with Crippen molar-refractivity contribution in [1.82, 2.24) is 9.97 Å². The molecule has 0 bridgehead atoms. The minimum Gasteiger partial charge on any atom is -0.344 e. The van der Waals surface area contributed by atoms with Crippen molar-refractivity contribution in [1.29, 1.82) is 0 Å². The van der Waals surface area contributed by atoms with E-state index in [1.54, 1.807) is 0 Å². The van der Waals surface area contributed by atoms with Crippen LogP contribution in [-0.4, -0.2) is 28.9 Å². The third-order valence-electron chi connectivity index (χ3n) is 1.81. The van der Waals surface area contributed by atoms with E-state index in [0.29, 0.717) is 5.95 Å². The topological polar surface area (TPSA) is 29.0 Å². The zero-order chi connectivity index (χ0) is 10.6. The molecule has 5 heteroatoms. The van der Waals surface area contributed by atoms with Crippen LogP contribution in [0.2, 0.25) is 0 Å². The third kappa shape index (κ3) is 3.46. The first-order valence-corrected chi connectivity index (χ1v) is 4.86. The molecule has 0 N–H and O–H groups in total. The minimum atomic E-state index is -0.423. The molecule has 0 radical (unpaired) electrons. The fourth-order valence-electron chi connectivity index (χ4n) is 0.974. The number of halogens is 2. The Kier molecular flexibility index (Phi) is 4.07. The Balaban J connectivity index is 2.52. The van der Waals surface area contributed by atoms with Gasteiger partial charge in [0.25, 0.3) is 0 Å². The summed E-state index contributed by atoms with van der Waals surface area (Å²) >= 11 is 5.81. The Morgan fingerprint density at radius 1 is 1.50 bits per heavy atom. The zero-order valence-electron chi connectivity index (χ0n) is 8.24. The van der Waals surface area contributed by atoms with Crippen molar-refractivity contribution in [2.45, 2.75) is 18.7 Å². The number of anilines is 1. The van der Waals surface area contributed by atoms with Gasteiger partial charge in [0.2, 0.25) is 5.95 Å². The number of rotatable bonds is 4. The quantitative estimate of drug-likeness (QED) is 0.723. The Morgan fingerprint density at radius 3 is 2.57 bits per heavy atom. The summed E-state index contributed by atoms with van der Waals surface area (Å²) in [4.78, 5) is 9.55. The van der Waals surface area contributed by atoms with Gasteiger partial charge in [-0.15, -0.1) is 11.6 Å². The molecule has 0 spiro atoms. The van der Waals surface area contributed by atoms with Gasteiger partial charge in [-0.05, 0) is 13.3 Å². The highest BCUT2D eigenvalue weighted by molar-refractivity contribution is 6.20. The molecule has 1 aromatic rings. The van der Waals surface area contributed by atoms with Gasteiger partial charge in [-0.2, -0.15) is 0 Å². The average molecular weight is 218 g/mol. The molecule has 0 aliphatic heterocycles. The maximum atomic E-state index is 12.5. The van der Waals surface area contributed by atoms with E-state index in [9.17, 15) is 4.39 Å². The largest absolute Gasteiger partial charge is 0.344 e. The Hall–Kier alpha value is -0.900. The van der Waals surface area contributed by atoms with Crippen molar-refractivity contribution in [3.05, 3.63) is 18.2 Å². The summed E-state index contributed by atoms with van der Waals surface area (Å²) in [5.41, 5.74) is 0. The first-order valence-electron chi connectivity index (χ1n) is 4.42. The predicted molar refractivity (Wildman–Crippen MR) is 55.2 cm³/mol. The summed E-state index contributed by atoms with van der Waals surface area (Å²) < 4.78 is 12.5. The fraction of sp³-hybridized carbons (Fsp3) is 0.556. The average Bonchev–Trinajstić information content (AvgIpc) is 2.15. The molecule has 3 nitrogen and oxygen atoms in total. The summed E-state index contributed by atoms with van der Waals surface area (Å²) in [7, 11) is 1.85. The van der Waals surface area contributed by atoms with Crippen LogP contribution in [0.25, 0.3) is 0 Å². The van der Waals surface area contributed by atoms with Gasteiger partial charge in [-0.1, -0.05) is 0 Å². The molecule has 1 aromatic heterocycles. The SMILES string of the molecule is CC(Cl)CCN(C)c1ncc(F)cn1. The summed E-state index contributed by atoms with van der Waals surface area (Å²) in [6.45, 7) is 2.69. The van der Waals surface area contributed by atoms with Crippen LogP contribution in [0.5, 0.6) is 0 Å². The van der Waals surface area contributed by atoms with Crippen LogP contribution in [0.3, 0.4) is 0 Å². The maximum absolute atomic E-state index is 12.5. The van der Waals surface area contributed by atoms with Crippen LogP contribution in [0.4, 0.5) is 10.3 Å². The number of hydrogen-bond donors (Lipinski definition) is 0. The zero-order valence-corrected chi connectivity index (χ0v) is 9.00. The van der Waals surface area contributed by atoms with E-state index in [0.717, 1.165) is 25.4 Å². The molecule has 0 fully saturated rings. The Morgan fingerprint density at radius 2 is 2.07 bits per heavy atom. The molecule has 1 rings (SSSR count). The third-order valence-corrected chi connectivity index (χ3v) is 2.03. The van der Waals surface area contributed by atoms with Crippen LogP contribution in [0, 0.1) is 5.82 Å². The maximum Gasteiger partial charge on any atom is 0.225 e. The second kappa shape index (κ2) is 5.10. The molecule has 14 heavy (non-hydrogen) atoms. The molecule has 1 heterocycles. The lowest BCUT2D eigenvalue weighted by Gasteiger charge is -2.16. The molecule has 0 amide bonds. The molecule has 0 saturated heterocycles. The first kappa shape index (κ1) is 11.2. The van der Waals surface area contributed by atoms with Crippen LogP contribution in [0.1, 0.15) is 13.3 Å². The van der Waals surface area contributed by atoms with Crippen molar-refractivity contribution in [3.63, 3.8) is 0 Å². The molecular formula is C9H13ClFN3. The van der Waals surface area contributed by atoms with Crippen molar-refractivity contribution in [2.24, 2.45) is 0 Å². The van der Waals surface area contributed by atoms with Gasteiger partial charge < -0.3 is 4.90 Å². The number of nitrogens with zero attached hydrogens (tertiary/aromatic N) is 3. The van der Waals surface area contributed by atoms with Gasteiger partial charge in [-0.25, -0.2) is 14.4 Å². The van der Waals surface area contributed by atoms with E-state index in [2.05, 4.69) is 9.97 Å². The summed E-state index contributed by atoms with van der Waals surface area (Å²) in [5.74, 6) is 0.0941. The number of hydrogen-bond acceptors (Lipinski definition) is 3. The molecule has 1 unspecified atom stereocenters. The second-order valence-corrected chi connectivity index (χ2v) is 3.94. The monoisotopic (exact) mass is 217 g/mol. The summed E-state index contributed by atoms with van der Waals surface area (Å²) in [6, 6.07) is 0. The van der Waals surface area contributed by atoms with E-state index < -0.39 is 5.82 Å². The first-order chi connectivity index (χ1) is 6.59. The Labute approximate surface area is 87.9 Å². The van der Waals surface area contributed by atoms with Gasteiger partial charge >= 0.3 is 0 Å². The molecule has 78 valence electrons. The van der Waals surface area contributed by atoms with E-state index in [-0.39, 0.29) is 5.38 Å². The Bertz CT molecular complexity index is 276. The number of alkyl halides is 1. The van der Waals surface area contributed by atoms with E-state index in [1.165, 1.54) is 0 Å². The normalized spacial score (nSPS) is 12.6. The summed E-state index contributed by atoms with van der Waals surface area (Å²) in [5, 5.41) is 0.123. The highest BCUT2D eigenvalue weighted by Gasteiger charge is 2.05. The van der Waals surface area contributed by atoms with E-state index >= 15 is 0 Å². The molecule has 1 atom stereocenters. The lowest BCUT2D eigenvalue weighted by Crippen LogP contribution is -2.22. The lowest BCUT2D eigenvalue weighted by molar-refractivity contribution is 0.611. The molecule has 0 saturated carbocycles. The molecule has 0 aliphatic carbocycles. The number of aromatic nitrogens is 2. The van der Waals surface area contributed by atoms with Gasteiger partial charge in [0.15, 0.2) is 5.82 Å². The summed E-state index contributed by atoms with van der Waals surface area (Å²) in [6.07, 6.45) is 3.16. The molecule has 0 aliphatic rings. The highest BCUT2D eigenvalue weighted by atomic mass is 35.5. The second-order valence-electron chi connectivity index (χ2n) is 3.19. The molecular weight excluding hydrogens is 205 g/mol. The van der Waals surface area contributed by atoms with Crippen molar-refractivity contribution < 1.29 is 4.39 Å². The van der Waals surface area contributed by atoms with Crippen LogP contribution in [0.15, 0.2) is 12.4 Å². The fourth-order valence-corrected chi connectivity index (χ4v) is 1.07. The van der Waals surface area contributed by atoms with Gasteiger partial charge in [-0.3, -0.25) is 0 Å². The minimum absolute atomic E-state index is 0.123. The molecule has 0 aromatic carbocycles. The van der Waals surface area contributed by atoms with Crippen molar-refractivity contribution in [3.8, 4) is 0 Å². The highest BCUT2D eigenvalue weighted by Crippen LogP contribution is 2.07. The van der Waals surface area contributed by atoms with Gasteiger partial charge in [0.1, 0.15) is 0 Å². The van der Waals surface area contributed by atoms with Gasteiger partial charge in [0.05, 0.1) is 12.4 Å². The van der Waals surface area contributed by atoms with Crippen LogP contribution < -0.4 is 4.90 Å². The van der Waals surface area contributed by atoms with Gasteiger partial charge in [0, 0.05) is 19.0 Å². The smallest absolute Gasteiger partial charge is 0.225 e. The predicted octanol–water partition coefficient (Wildman–Crippen LogP) is 2.07. The van der Waals surface area contributed by atoms with Crippen molar-refractivity contribution >= 4 is 17.5 Å². The van der Waals surface area contributed by atoms with Crippen molar-refractivity contribution in [2.75, 3.05) is 18.5 Å². The van der Waals surface area contributed by atoms with Crippen LogP contribution in [-0.2, 0) is 0 Å². The standard InChI is InChI=1S/C9H13ClFN3/c1-7(10)3-4-14(2)9-12-5-8(11)6-13-9/h5-7H,3-4H2,1-2H3.